The van der Waals surface area contributed by atoms with Gasteiger partial charge >= 0.3 is 5.76 Å². The van der Waals surface area contributed by atoms with Crippen LogP contribution in [-0.2, 0) is 9.84 Å². The summed E-state index contributed by atoms with van der Waals surface area (Å²) < 4.78 is 49.5. The van der Waals surface area contributed by atoms with E-state index in [-0.39, 0.29) is 4.90 Å². The Hall–Kier alpha value is -1.17. The van der Waals surface area contributed by atoms with Crippen LogP contribution in [0.15, 0.2) is 29.2 Å². The van der Waals surface area contributed by atoms with Crippen molar-refractivity contribution in [1.82, 2.24) is 0 Å². The van der Waals surface area contributed by atoms with Crippen molar-refractivity contribution in [2.24, 2.45) is 5.41 Å². The lowest BCUT2D eigenvalue weighted by Gasteiger charge is -2.41. The van der Waals surface area contributed by atoms with Gasteiger partial charge in [0, 0.05) is 13.1 Å². The quantitative estimate of drug-likeness (QED) is 0.845. The molecule has 2 fully saturated rings. The summed E-state index contributed by atoms with van der Waals surface area (Å²) in [5.41, 5.74) is 0.836. The Balaban J connectivity index is 1.85. The number of anilines is 1. The van der Waals surface area contributed by atoms with Crippen LogP contribution >= 0.6 is 0 Å². The molecule has 0 bridgehead atoms. The Bertz CT molecular complexity index is 629. The Morgan fingerprint density at radius 1 is 1.00 bits per heavy atom. The number of alkyl halides is 2. The second-order valence-corrected chi connectivity index (χ2v) is 8.35. The summed E-state index contributed by atoms with van der Waals surface area (Å²) in [6, 6.07) is 6.14. The minimum atomic E-state index is -4.56. The predicted molar refractivity (Wildman–Crippen MR) is 82.0 cm³/mol. The van der Waals surface area contributed by atoms with Crippen LogP contribution in [0.3, 0.4) is 0 Å². The molecule has 3 rings (SSSR count). The van der Waals surface area contributed by atoms with Crippen molar-refractivity contribution in [3.05, 3.63) is 24.3 Å². The van der Waals surface area contributed by atoms with E-state index in [1.54, 1.807) is 12.1 Å². The molecule has 0 atom stereocenters. The first-order valence-corrected chi connectivity index (χ1v) is 9.35. The number of nitrogens with zero attached hydrogens (tertiary/aromatic N) is 1. The number of para-hydroxylation sites is 1. The van der Waals surface area contributed by atoms with Gasteiger partial charge in [0.15, 0.2) is 0 Å². The lowest BCUT2D eigenvalue weighted by atomic mass is 9.77. The van der Waals surface area contributed by atoms with Crippen LogP contribution in [-0.4, -0.2) is 27.3 Å². The normalized spacial score (nSPS) is 21.7. The van der Waals surface area contributed by atoms with E-state index in [0.717, 1.165) is 25.9 Å². The fourth-order valence-corrected chi connectivity index (χ4v) is 4.85. The molecule has 3 nitrogen and oxygen atoms in total. The zero-order chi connectivity index (χ0) is 15.8. The van der Waals surface area contributed by atoms with Crippen LogP contribution in [0.5, 0.6) is 0 Å². The largest absolute Gasteiger partial charge is 0.370 e. The molecule has 22 heavy (non-hydrogen) atoms. The molecule has 0 radical (unpaired) electrons. The first-order chi connectivity index (χ1) is 10.4. The van der Waals surface area contributed by atoms with Crippen LogP contribution in [0, 0.1) is 5.41 Å². The van der Waals surface area contributed by atoms with Crippen LogP contribution in [0.4, 0.5) is 14.5 Å². The molecule has 1 aromatic carbocycles. The van der Waals surface area contributed by atoms with E-state index < -0.39 is 15.6 Å². The van der Waals surface area contributed by atoms with Crippen molar-refractivity contribution in [1.29, 1.82) is 0 Å². The molecule has 2 aliphatic rings. The number of benzene rings is 1. The van der Waals surface area contributed by atoms with Gasteiger partial charge in [-0.15, -0.1) is 0 Å². The van der Waals surface area contributed by atoms with Crippen molar-refractivity contribution >= 4 is 15.5 Å². The molecular weight excluding hydrogens is 308 g/mol. The van der Waals surface area contributed by atoms with E-state index in [1.807, 2.05) is 4.90 Å². The van der Waals surface area contributed by atoms with Gasteiger partial charge in [0.1, 0.15) is 0 Å². The van der Waals surface area contributed by atoms with E-state index >= 15 is 0 Å². The third kappa shape index (κ3) is 2.73. The number of hydrogen-bond donors (Lipinski definition) is 0. The Morgan fingerprint density at radius 2 is 1.59 bits per heavy atom. The summed E-state index contributed by atoms with van der Waals surface area (Å²) in [5.74, 6) is -3.38. The first kappa shape index (κ1) is 15.7. The number of rotatable bonds is 3. The van der Waals surface area contributed by atoms with Crippen molar-refractivity contribution in [3.8, 4) is 0 Å². The van der Waals surface area contributed by atoms with Gasteiger partial charge in [0.25, 0.3) is 0 Å². The highest BCUT2D eigenvalue weighted by Crippen LogP contribution is 2.47. The second-order valence-electron chi connectivity index (χ2n) is 6.47. The Labute approximate surface area is 130 Å². The zero-order valence-electron chi connectivity index (χ0n) is 12.5. The summed E-state index contributed by atoms with van der Waals surface area (Å²) in [6.45, 7) is 1.49. The monoisotopic (exact) mass is 329 g/mol. The molecule has 0 amide bonds. The van der Waals surface area contributed by atoms with E-state index in [9.17, 15) is 17.2 Å². The molecular formula is C16H21F2NO2S. The fraction of sp³-hybridized carbons (Fsp3) is 0.625. The average Bonchev–Trinajstić information content (AvgIpc) is 2.96. The van der Waals surface area contributed by atoms with Gasteiger partial charge in [-0.1, -0.05) is 25.0 Å². The Morgan fingerprint density at radius 3 is 2.18 bits per heavy atom. The summed E-state index contributed by atoms with van der Waals surface area (Å²) in [6.07, 6.45) is 7.09. The molecule has 1 aromatic rings. The molecule has 0 unspecified atom stereocenters. The number of hydrogen-bond acceptors (Lipinski definition) is 3. The number of piperidine rings is 1. The summed E-state index contributed by atoms with van der Waals surface area (Å²) in [5, 5.41) is 0. The molecule has 1 saturated carbocycles. The van der Waals surface area contributed by atoms with Gasteiger partial charge in [-0.2, -0.15) is 8.78 Å². The van der Waals surface area contributed by atoms with Gasteiger partial charge in [0.05, 0.1) is 10.6 Å². The molecule has 122 valence electrons. The van der Waals surface area contributed by atoms with Crippen molar-refractivity contribution < 1.29 is 17.2 Å². The SMILES string of the molecule is O=S(=O)(c1ccccc1N1CCC2(CCCC2)CC1)C(F)F. The summed E-state index contributed by atoms with van der Waals surface area (Å²) >= 11 is 0. The van der Waals surface area contributed by atoms with Gasteiger partial charge in [-0.3, -0.25) is 0 Å². The molecule has 6 heteroatoms. The lowest BCUT2D eigenvalue weighted by molar-refractivity contribution is 0.225. The maximum absolute atomic E-state index is 12.9. The molecule has 1 spiro atoms. The van der Waals surface area contributed by atoms with E-state index in [4.69, 9.17) is 0 Å². The van der Waals surface area contributed by atoms with E-state index in [1.165, 1.54) is 37.8 Å². The number of sulfone groups is 1. The third-order valence-electron chi connectivity index (χ3n) is 5.24. The highest BCUT2D eigenvalue weighted by Gasteiger charge is 2.38. The minimum Gasteiger partial charge on any atom is -0.370 e. The van der Waals surface area contributed by atoms with Crippen LogP contribution in [0.25, 0.3) is 0 Å². The molecule has 1 aliphatic heterocycles. The maximum Gasteiger partial charge on any atom is 0.341 e. The van der Waals surface area contributed by atoms with E-state index in [0.29, 0.717) is 11.1 Å². The fourth-order valence-electron chi connectivity index (χ4n) is 3.90. The lowest BCUT2D eigenvalue weighted by Crippen LogP contribution is -2.39. The van der Waals surface area contributed by atoms with E-state index in [2.05, 4.69) is 0 Å². The minimum absolute atomic E-state index is 0.243. The molecule has 0 N–H and O–H groups in total. The predicted octanol–water partition coefficient (Wildman–Crippen LogP) is 3.84. The molecule has 1 heterocycles. The third-order valence-corrected chi connectivity index (χ3v) is 6.66. The van der Waals surface area contributed by atoms with Gasteiger partial charge in [-0.25, -0.2) is 8.42 Å². The second kappa shape index (κ2) is 5.80. The highest BCUT2D eigenvalue weighted by molar-refractivity contribution is 7.91. The Kier molecular flexibility index (Phi) is 4.14. The van der Waals surface area contributed by atoms with Gasteiger partial charge in [-0.05, 0) is 43.2 Å². The molecule has 1 saturated heterocycles. The van der Waals surface area contributed by atoms with Crippen LogP contribution in [0.1, 0.15) is 38.5 Å². The molecule has 1 aliphatic carbocycles. The number of halogens is 2. The highest BCUT2D eigenvalue weighted by atomic mass is 32.2. The standard InChI is InChI=1S/C16H21F2NO2S/c17-15(18)22(20,21)14-6-2-1-5-13(14)19-11-9-16(10-12-19)7-3-4-8-16/h1-2,5-6,15H,3-4,7-12H2. The summed E-state index contributed by atoms with van der Waals surface area (Å²) in [4.78, 5) is 1.71. The first-order valence-electron chi connectivity index (χ1n) is 7.81. The zero-order valence-corrected chi connectivity index (χ0v) is 13.3. The topological polar surface area (TPSA) is 37.4 Å². The maximum atomic E-state index is 12.9. The van der Waals surface area contributed by atoms with Gasteiger partial charge < -0.3 is 4.90 Å². The van der Waals surface area contributed by atoms with Crippen molar-refractivity contribution in [3.63, 3.8) is 0 Å². The van der Waals surface area contributed by atoms with Crippen LogP contribution in [0.2, 0.25) is 0 Å². The molecule has 0 aromatic heterocycles. The van der Waals surface area contributed by atoms with Gasteiger partial charge in [0.2, 0.25) is 9.84 Å². The van der Waals surface area contributed by atoms with Crippen LogP contribution < -0.4 is 4.90 Å². The van der Waals surface area contributed by atoms with Crippen molar-refractivity contribution in [2.75, 3.05) is 18.0 Å². The summed E-state index contributed by atoms with van der Waals surface area (Å²) in [7, 11) is -4.56. The smallest absolute Gasteiger partial charge is 0.341 e. The average molecular weight is 329 g/mol. The van der Waals surface area contributed by atoms with Crippen molar-refractivity contribution in [2.45, 2.75) is 49.2 Å².